The maximum absolute atomic E-state index is 4.38. The molecule has 0 N–H and O–H groups in total. The molecule has 1 aromatic heterocycles. The van der Waals surface area contributed by atoms with E-state index >= 15 is 0 Å². The highest BCUT2D eigenvalue weighted by Crippen LogP contribution is 2.31. The largest absolute Gasteiger partial charge is 0.302 e. The van der Waals surface area contributed by atoms with Gasteiger partial charge < -0.3 is 4.90 Å². The van der Waals surface area contributed by atoms with Gasteiger partial charge in [-0.25, -0.2) is 0 Å². The summed E-state index contributed by atoms with van der Waals surface area (Å²) < 4.78 is 0. The summed E-state index contributed by atoms with van der Waals surface area (Å²) in [6.07, 6.45) is 9.34. The second kappa shape index (κ2) is 6.41. The number of rotatable bonds is 5. The van der Waals surface area contributed by atoms with Crippen LogP contribution >= 0.6 is 11.8 Å². The Kier molecular flexibility index (Phi) is 4.86. The fourth-order valence-corrected chi connectivity index (χ4v) is 3.75. The topological polar surface area (TPSA) is 16.1 Å². The van der Waals surface area contributed by atoms with E-state index in [4.69, 9.17) is 0 Å². The lowest BCUT2D eigenvalue weighted by Crippen LogP contribution is -2.37. The zero-order valence-corrected chi connectivity index (χ0v) is 11.6. The first-order valence-corrected chi connectivity index (χ1v) is 7.73. The zero-order valence-electron chi connectivity index (χ0n) is 10.8. The molecule has 17 heavy (non-hydrogen) atoms. The van der Waals surface area contributed by atoms with Gasteiger partial charge in [0.05, 0.1) is 0 Å². The molecule has 0 aromatic carbocycles. The molecule has 0 saturated heterocycles. The quantitative estimate of drug-likeness (QED) is 0.799. The Morgan fingerprint density at radius 2 is 2.29 bits per heavy atom. The van der Waals surface area contributed by atoms with Crippen LogP contribution in [0.3, 0.4) is 0 Å². The summed E-state index contributed by atoms with van der Waals surface area (Å²) in [7, 11) is 2.27. The molecule has 2 atom stereocenters. The number of hydrogen-bond donors (Lipinski definition) is 0. The van der Waals surface area contributed by atoms with Gasteiger partial charge in [-0.05, 0) is 38.3 Å². The molecular weight excluding hydrogens is 228 g/mol. The Morgan fingerprint density at radius 3 is 3.00 bits per heavy atom. The van der Waals surface area contributed by atoms with Crippen molar-refractivity contribution in [3.8, 4) is 0 Å². The van der Waals surface area contributed by atoms with Gasteiger partial charge in [-0.15, -0.1) is 0 Å². The second-order valence-electron chi connectivity index (χ2n) is 4.82. The summed E-state index contributed by atoms with van der Waals surface area (Å²) in [5.41, 5.74) is 1.21. The molecule has 1 heterocycles. The Bertz CT molecular complexity index is 328. The van der Waals surface area contributed by atoms with Crippen LogP contribution in [0.25, 0.3) is 0 Å². The molecule has 1 aliphatic rings. The first-order chi connectivity index (χ1) is 8.31. The van der Waals surface area contributed by atoms with Crippen molar-refractivity contribution in [1.82, 2.24) is 9.88 Å². The number of hydrogen-bond acceptors (Lipinski definition) is 3. The maximum atomic E-state index is 4.38. The standard InChI is InChI=1S/C14H22N2S/c1-16(13-7-5-8-14(13)17-2)11-9-12-6-3-4-10-15-12/h3-4,6,10,13-14H,5,7-9,11H2,1-2H3/t13-,14+/m1/s1. The van der Waals surface area contributed by atoms with Crippen LogP contribution in [-0.2, 0) is 6.42 Å². The summed E-state index contributed by atoms with van der Waals surface area (Å²) in [6, 6.07) is 6.94. The lowest BCUT2D eigenvalue weighted by atomic mass is 10.2. The molecule has 1 fully saturated rings. The third-order valence-corrected chi connectivity index (χ3v) is 4.89. The SMILES string of the molecule is CS[C@H]1CCC[C@H]1N(C)CCc1ccccn1. The van der Waals surface area contributed by atoms with Gasteiger partial charge in [0.25, 0.3) is 0 Å². The van der Waals surface area contributed by atoms with Crippen molar-refractivity contribution in [2.45, 2.75) is 37.0 Å². The van der Waals surface area contributed by atoms with Crippen LogP contribution in [0.1, 0.15) is 25.0 Å². The number of likely N-dealkylation sites (N-methyl/N-ethyl adjacent to an activating group) is 1. The van der Waals surface area contributed by atoms with Crippen LogP contribution in [0.2, 0.25) is 0 Å². The maximum Gasteiger partial charge on any atom is 0.0416 e. The minimum Gasteiger partial charge on any atom is -0.302 e. The van der Waals surface area contributed by atoms with Gasteiger partial charge in [0.15, 0.2) is 0 Å². The van der Waals surface area contributed by atoms with Crippen LogP contribution in [0.4, 0.5) is 0 Å². The second-order valence-corrected chi connectivity index (χ2v) is 5.90. The van der Waals surface area contributed by atoms with Gasteiger partial charge in [-0.1, -0.05) is 12.5 Å². The molecule has 0 aliphatic heterocycles. The van der Waals surface area contributed by atoms with E-state index in [1.165, 1.54) is 25.0 Å². The zero-order chi connectivity index (χ0) is 12.1. The highest BCUT2D eigenvalue weighted by Gasteiger charge is 2.29. The minimum absolute atomic E-state index is 0.772. The van der Waals surface area contributed by atoms with Gasteiger partial charge in [-0.3, -0.25) is 4.98 Å². The van der Waals surface area contributed by atoms with Gasteiger partial charge in [-0.2, -0.15) is 11.8 Å². The summed E-state index contributed by atoms with van der Waals surface area (Å²) >= 11 is 2.03. The van der Waals surface area contributed by atoms with Gasteiger partial charge in [0.1, 0.15) is 0 Å². The third kappa shape index (κ3) is 3.46. The van der Waals surface area contributed by atoms with Crippen molar-refractivity contribution in [3.63, 3.8) is 0 Å². The van der Waals surface area contributed by atoms with Crippen LogP contribution in [0.15, 0.2) is 24.4 Å². The summed E-state index contributed by atoms with van der Waals surface area (Å²) in [5.74, 6) is 0. The van der Waals surface area contributed by atoms with Crippen LogP contribution in [0, 0.1) is 0 Å². The van der Waals surface area contributed by atoms with Crippen molar-refractivity contribution < 1.29 is 0 Å². The Hall–Kier alpha value is -0.540. The fraction of sp³-hybridized carbons (Fsp3) is 0.643. The molecule has 0 bridgehead atoms. The van der Waals surface area contributed by atoms with Crippen molar-refractivity contribution in [3.05, 3.63) is 30.1 Å². The van der Waals surface area contributed by atoms with Gasteiger partial charge >= 0.3 is 0 Å². The van der Waals surface area contributed by atoms with Crippen molar-refractivity contribution >= 4 is 11.8 Å². The van der Waals surface area contributed by atoms with Gasteiger partial charge in [0.2, 0.25) is 0 Å². The highest BCUT2D eigenvalue weighted by molar-refractivity contribution is 7.99. The van der Waals surface area contributed by atoms with E-state index in [1.807, 2.05) is 24.0 Å². The van der Waals surface area contributed by atoms with E-state index in [9.17, 15) is 0 Å². The first-order valence-electron chi connectivity index (χ1n) is 6.44. The average molecular weight is 250 g/mol. The third-order valence-electron chi connectivity index (χ3n) is 3.73. The molecule has 3 heteroatoms. The molecule has 0 unspecified atom stereocenters. The first kappa shape index (κ1) is 12.9. The van der Waals surface area contributed by atoms with Crippen LogP contribution in [0.5, 0.6) is 0 Å². The van der Waals surface area contributed by atoms with E-state index in [-0.39, 0.29) is 0 Å². The Labute approximate surface area is 109 Å². The lowest BCUT2D eigenvalue weighted by molar-refractivity contribution is 0.252. The molecule has 1 aliphatic carbocycles. The summed E-state index contributed by atoms with van der Waals surface area (Å²) in [5, 5.41) is 0.837. The van der Waals surface area contributed by atoms with Crippen molar-refractivity contribution in [2.24, 2.45) is 0 Å². The number of thioether (sulfide) groups is 1. The number of nitrogens with zero attached hydrogens (tertiary/aromatic N) is 2. The van der Waals surface area contributed by atoms with Crippen molar-refractivity contribution in [1.29, 1.82) is 0 Å². The molecule has 0 radical (unpaired) electrons. The molecule has 0 spiro atoms. The molecular formula is C14H22N2S. The summed E-state index contributed by atoms with van der Waals surface area (Å²) in [6.45, 7) is 1.12. The van der Waals surface area contributed by atoms with E-state index in [0.29, 0.717) is 0 Å². The molecule has 1 aromatic rings. The average Bonchev–Trinajstić information content (AvgIpc) is 2.85. The molecule has 0 amide bonds. The normalized spacial score (nSPS) is 24.4. The van der Waals surface area contributed by atoms with E-state index in [1.54, 1.807) is 0 Å². The summed E-state index contributed by atoms with van der Waals surface area (Å²) in [4.78, 5) is 6.92. The number of pyridine rings is 1. The highest BCUT2D eigenvalue weighted by atomic mass is 32.2. The smallest absolute Gasteiger partial charge is 0.0416 e. The molecule has 1 saturated carbocycles. The molecule has 2 nitrogen and oxygen atoms in total. The number of aromatic nitrogens is 1. The lowest BCUT2D eigenvalue weighted by Gasteiger charge is -2.28. The predicted molar refractivity (Wildman–Crippen MR) is 75.5 cm³/mol. The Morgan fingerprint density at radius 1 is 1.41 bits per heavy atom. The Balaban J connectivity index is 1.83. The van der Waals surface area contributed by atoms with Crippen LogP contribution in [-0.4, -0.2) is 41.0 Å². The van der Waals surface area contributed by atoms with Gasteiger partial charge in [0, 0.05) is 36.1 Å². The monoisotopic (exact) mass is 250 g/mol. The fourth-order valence-electron chi connectivity index (χ4n) is 2.69. The van der Waals surface area contributed by atoms with E-state index < -0.39 is 0 Å². The minimum atomic E-state index is 0.772. The molecule has 2 rings (SSSR count). The predicted octanol–water partition coefficient (Wildman–Crippen LogP) is 2.84. The van der Waals surface area contributed by atoms with E-state index in [2.05, 4.69) is 35.3 Å². The molecule has 94 valence electrons. The van der Waals surface area contributed by atoms with Crippen LogP contribution < -0.4 is 0 Å². The van der Waals surface area contributed by atoms with Crippen molar-refractivity contribution in [2.75, 3.05) is 19.8 Å². The van der Waals surface area contributed by atoms with E-state index in [0.717, 1.165) is 24.3 Å².